The van der Waals surface area contributed by atoms with Crippen molar-refractivity contribution >= 4 is 22.7 Å². The number of benzene rings is 2. The van der Waals surface area contributed by atoms with Gasteiger partial charge in [0.05, 0.1) is 5.52 Å². The fraction of sp³-hybridized carbons (Fsp3) is 0.118. The summed E-state index contributed by atoms with van der Waals surface area (Å²) < 4.78 is 18.1. The van der Waals surface area contributed by atoms with Crippen LogP contribution in [0.5, 0.6) is 0 Å². The number of carbonyl (C=O) groups is 2. The highest BCUT2D eigenvalue weighted by Gasteiger charge is 2.23. The van der Waals surface area contributed by atoms with Crippen molar-refractivity contribution in [2.45, 2.75) is 13.0 Å². The number of para-hydroxylation sites is 1. The molecule has 1 heterocycles. The van der Waals surface area contributed by atoms with Gasteiger partial charge in [0.1, 0.15) is 5.82 Å². The standard InChI is InChI=1S/C17H13FN2O3/c1-10(16(21)11-6-8-12(18)9-7-11)23-17(22)15-13-4-2-3-5-14(13)19-20-15/h2-10H,1H3,(H,19,20)/t10-/m1/s1. The number of rotatable bonds is 4. The summed E-state index contributed by atoms with van der Waals surface area (Å²) in [5.74, 6) is -1.53. The summed E-state index contributed by atoms with van der Waals surface area (Å²) in [6.45, 7) is 1.47. The molecule has 0 saturated carbocycles. The average Bonchev–Trinajstić information content (AvgIpc) is 2.99. The van der Waals surface area contributed by atoms with Crippen LogP contribution in [-0.4, -0.2) is 28.1 Å². The van der Waals surface area contributed by atoms with Crippen molar-refractivity contribution in [1.29, 1.82) is 0 Å². The fourth-order valence-corrected chi connectivity index (χ4v) is 2.24. The number of hydrogen-bond acceptors (Lipinski definition) is 4. The molecule has 116 valence electrons. The van der Waals surface area contributed by atoms with Crippen molar-refractivity contribution in [2.24, 2.45) is 0 Å². The highest BCUT2D eigenvalue weighted by Crippen LogP contribution is 2.17. The number of H-pyrrole nitrogens is 1. The first-order chi connectivity index (χ1) is 11.1. The highest BCUT2D eigenvalue weighted by atomic mass is 19.1. The zero-order valence-electron chi connectivity index (χ0n) is 12.2. The highest BCUT2D eigenvalue weighted by molar-refractivity contribution is 6.04. The van der Waals surface area contributed by atoms with Crippen LogP contribution in [0.4, 0.5) is 4.39 Å². The molecule has 1 aromatic heterocycles. The van der Waals surface area contributed by atoms with Crippen LogP contribution in [-0.2, 0) is 4.74 Å². The first kappa shape index (κ1) is 14.9. The van der Waals surface area contributed by atoms with E-state index in [0.717, 1.165) is 0 Å². The summed E-state index contributed by atoms with van der Waals surface area (Å²) in [5, 5.41) is 7.29. The van der Waals surface area contributed by atoms with Crippen LogP contribution in [0, 0.1) is 5.82 Å². The lowest BCUT2D eigenvalue weighted by Crippen LogP contribution is -2.24. The molecular formula is C17H13FN2O3. The van der Waals surface area contributed by atoms with Crippen molar-refractivity contribution in [2.75, 3.05) is 0 Å². The van der Waals surface area contributed by atoms with Crippen LogP contribution in [0.25, 0.3) is 10.9 Å². The van der Waals surface area contributed by atoms with Gasteiger partial charge in [0.15, 0.2) is 11.8 Å². The maximum atomic E-state index is 12.9. The second kappa shape index (κ2) is 6.00. The Morgan fingerprint density at radius 3 is 2.57 bits per heavy atom. The van der Waals surface area contributed by atoms with E-state index in [1.807, 2.05) is 6.07 Å². The van der Waals surface area contributed by atoms with Gasteiger partial charge in [-0.3, -0.25) is 9.89 Å². The Labute approximate surface area is 131 Å². The molecule has 0 fully saturated rings. The van der Waals surface area contributed by atoms with Crippen LogP contribution in [0.1, 0.15) is 27.8 Å². The van der Waals surface area contributed by atoms with Gasteiger partial charge in [0.2, 0.25) is 5.78 Å². The predicted octanol–water partition coefficient (Wildman–Crippen LogP) is 3.13. The number of aromatic amines is 1. The van der Waals surface area contributed by atoms with Gasteiger partial charge >= 0.3 is 5.97 Å². The van der Waals surface area contributed by atoms with E-state index in [9.17, 15) is 14.0 Å². The quantitative estimate of drug-likeness (QED) is 0.593. The minimum Gasteiger partial charge on any atom is -0.449 e. The number of Topliss-reactive ketones (excluding diaryl/α,β-unsaturated/α-hetero) is 1. The minimum absolute atomic E-state index is 0.124. The van der Waals surface area contributed by atoms with Gasteiger partial charge in [-0.15, -0.1) is 0 Å². The van der Waals surface area contributed by atoms with Crippen molar-refractivity contribution in [3.63, 3.8) is 0 Å². The Bertz CT molecular complexity index is 871. The average molecular weight is 312 g/mol. The van der Waals surface area contributed by atoms with E-state index in [1.165, 1.54) is 31.2 Å². The second-order valence-corrected chi connectivity index (χ2v) is 5.04. The Morgan fingerprint density at radius 2 is 1.83 bits per heavy atom. The molecule has 0 aliphatic carbocycles. The van der Waals surface area contributed by atoms with Crippen molar-refractivity contribution in [1.82, 2.24) is 10.2 Å². The van der Waals surface area contributed by atoms with E-state index in [1.54, 1.807) is 18.2 Å². The zero-order chi connectivity index (χ0) is 16.4. The second-order valence-electron chi connectivity index (χ2n) is 5.04. The van der Waals surface area contributed by atoms with E-state index in [0.29, 0.717) is 10.9 Å². The summed E-state index contributed by atoms with van der Waals surface area (Å²) in [6, 6.07) is 12.2. The number of hydrogen-bond donors (Lipinski definition) is 1. The van der Waals surface area contributed by atoms with Gasteiger partial charge in [-0.05, 0) is 37.3 Å². The Kier molecular flexibility index (Phi) is 3.89. The molecule has 3 aromatic rings. The third-order valence-electron chi connectivity index (χ3n) is 3.45. The third kappa shape index (κ3) is 2.96. The normalized spacial score (nSPS) is 12.1. The molecule has 0 radical (unpaired) electrons. The number of fused-ring (bicyclic) bond motifs is 1. The number of ether oxygens (including phenoxy) is 1. The minimum atomic E-state index is -0.997. The monoisotopic (exact) mass is 312 g/mol. The van der Waals surface area contributed by atoms with Crippen LogP contribution < -0.4 is 0 Å². The fourth-order valence-electron chi connectivity index (χ4n) is 2.24. The van der Waals surface area contributed by atoms with E-state index in [2.05, 4.69) is 10.2 Å². The molecule has 6 heteroatoms. The molecule has 5 nitrogen and oxygen atoms in total. The number of carbonyl (C=O) groups excluding carboxylic acids is 2. The smallest absolute Gasteiger partial charge is 0.360 e. The molecule has 0 spiro atoms. The summed E-state index contributed by atoms with van der Waals surface area (Å²) in [5.41, 5.74) is 1.11. The predicted molar refractivity (Wildman–Crippen MR) is 81.7 cm³/mol. The molecule has 0 aliphatic rings. The summed E-state index contributed by atoms with van der Waals surface area (Å²) in [6.07, 6.45) is -0.997. The molecular weight excluding hydrogens is 299 g/mol. The molecule has 0 aliphatic heterocycles. The van der Waals surface area contributed by atoms with Gasteiger partial charge in [-0.2, -0.15) is 5.10 Å². The van der Waals surface area contributed by atoms with Crippen molar-refractivity contribution in [3.05, 3.63) is 65.6 Å². The lowest BCUT2D eigenvalue weighted by atomic mass is 10.1. The maximum absolute atomic E-state index is 12.9. The first-order valence-electron chi connectivity index (χ1n) is 7.00. The van der Waals surface area contributed by atoms with E-state index >= 15 is 0 Å². The van der Waals surface area contributed by atoms with Gasteiger partial charge in [0.25, 0.3) is 0 Å². The molecule has 1 N–H and O–H groups in total. The Balaban J connectivity index is 1.77. The van der Waals surface area contributed by atoms with Crippen molar-refractivity contribution < 1.29 is 18.7 Å². The SMILES string of the molecule is C[C@@H](OC(=O)c1n[nH]c2ccccc12)C(=O)c1ccc(F)cc1. The molecule has 0 saturated heterocycles. The summed E-state index contributed by atoms with van der Waals surface area (Å²) in [4.78, 5) is 24.4. The Morgan fingerprint density at radius 1 is 1.13 bits per heavy atom. The first-order valence-corrected chi connectivity index (χ1v) is 7.00. The topological polar surface area (TPSA) is 72.0 Å². The number of aromatic nitrogens is 2. The molecule has 23 heavy (non-hydrogen) atoms. The van der Waals surface area contributed by atoms with Gasteiger partial charge < -0.3 is 4.74 Å². The third-order valence-corrected chi connectivity index (χ3v) is 3.45. The van der Waals surface area contributed by atoms with Gasteiger partial charge in [-0.25, -0.2) is 9.18 Å². The van der Waals surface area contributed by atoms with Gasteiger partial charge in [0, 0.05) is 10.9 Å². The number of nitrogens with zero attached hydrogens (tertiary/aromatic N) is 1. The van der Waals surface area contributed by atoms with Crippen LogP contribution in [0.2, 0.25) is 0 Å². The van der Waals surface area contributed by atoms with Gasteiger partial charge in [-0.1, -0.05) is 18.2 Å². The largest absolute Gasteiger partial charge is 0.449 e. The molecule has 1 atom stereocenters. The van der Waals surface area contributed by atoms with E-state index < -0.39 is 23.7 Å². The van der Waals surface area contributed by atoms with Crippen LogP contribution >= 0.6 is 0 Å². The molecule has 0 bridgehead atoms. The summed E-state index contributed by atoms with van der Waals surface area (Å²) >= 11 is 0. The number of halogens is 1. The molecule has 0 amide bonds. The lowest BCUT2D eigenvalue weighted by molar-refractivity contribution is 0.0315. The maximum Gasteiger partial charge on any atom is 0.360 e. The number of nitrogens with one attached hydrogen (secondary N) is 1. The van der Waals surface area contributed by atoms with E-state index in [-0.39, 0.29) is 11.3 Å². The summed E-state index contributed by atoms with van der Waals surface area (Å²) in [7, 11) is 0. The lowest BCUT2D eigenvalue weighted by Gasteiger charge is -2.11. The number of esters is 1. The zero-order valence-corrected chi connectivity index (χ0v) is 12.2. The molecule has 2 aromatic carbocycles. The molecule has 3 rings (SSSR count). The van der Waals surface area contributed by atoms with Crippen LogP contribution in [0.3, 0.4) is 0 Å². The van der Waals surface area contributed by atoms with E-state index in [4.69, 9.17) is 4.74 Å². The van der Waals surface area contributed by atoms with Crippen molar-refractivity contribution in [3.8, 4) is 0 Å². The number of ketones is 1. The Hall–Kier alpha value is -3.02. The van der Waals surface area contributed by atoms with Crippen LogP contribution in [0.15, 0.2) is 48.5 Å². The molecule has 0 unspecified atom stereocenters.